The molecule has 0 unspecified atom stereocenters. The number of aromatic nitrogens is 2. The minimum atomic E-state index is 0.130. The normalized spacial score (nSPS) is 11.1. The summed E-state index contributed by atoms with van der Waals surface area (Å²) in [5, 5.41) is 3.23. The quantitative estimate of drug-likeness (QED) is 0.696. The van der Waals surface area contributed by atoms with Gasteiger partial charge in [0.05, 0.1) is 6.10 Å². The van der Waals surface area contributed by atoms with E-state index in [2.05, 4.69) is 34.0 Å². The van der Waals surface area contributed by atoms with Crippen molar-refractivity contribution >= 4 is 5.95 Å². The molecular weight excluding hydrogens is 240 g/mol. The second kappa shape index (κ2) is 8.69. The second-order valence-corrected chi connectivity index (χ2v) is 4.69. The summed E-state index contributed by atoms with van der Waals surface area (Å²) in [6.45, 7) is 12.5. The Morgan fingerprint density at radius 3 is 2.68 bits per heavy atom. The smallest absolute Gasteiger partial charge is 0.225 e. The molecule has 0 aliphatic carbocycles. The number of nitrogens with zero attached hydrogens (tertiary/aromatic N) is 3. The van der Waals surface area contributed by atoms with Gasteiger partial charge < -0.3 is 15.0 Å². The topological polar surface area (TPSA) is 50.3 Å². The van der Waals surface area contributed by atoms with Crippen molar-refractivity contribution in [3.8, 4) is 5.88 Å². The maximum Gasteiger partial charge on any atom is 0.225 e. The summed E-state index contributed by atoms with van der Waals surface area (Å²) < 4.78 is 5.53. The van der Waals surface area contributed by atoms with E-state index in [0.29, 0.717) is 11.8 Å². The zero-order valence-corrected chi connectivity index (χ0v) is 12.5. The van der Waals surface area contributed by atoms with E-state index in [1.807, 2.05) is 13.8 Å². The van der Waals surface area contributed by atoms with Crippen LogP contribution in [0.2, 0.25) is 0 Å². The van der Waals surface area contributed by atoms with Crippen LogP contribution in [0.15, 0.2) is 12.3 Å². The predicted molar refractivity (Wildman–Crippen MR) is 78.7 cm³/mol. The van der Waals surface area contributed by atoms with E-state index in [0.717, 1.165) is 32.6 Å². The fourth-order valence-electron chi connectivity index (χ4n) is 1.78. The van der Waals surface area contributed by atoms with E-state index in [4.69, 9.17) is 4.74 Å². The predicted octanol–water partition coefficient (Wildman–Crippen LogP) is 2.41. The van der Waals surface area contributed by atoms with Crippen LogP contribution in [-0.2, 0) is 0 Å². The van der Waals surface area contributed by atoms with E-state index < -0.39 is 0 Å². The van der Waals surface area contributed by atoms with Gasteiger partial charge in [0.25, 0.3) is 0 Å². The minimum absolute atomic E-state index is 0.130. The molecule has 0 bridgehead atoms. The fraction of sp³-hybridized carbons (Fsp3) is 0.714. The second-order valence-electron chi connectivity index (χ2n) is 4.69. The van der Waals surface area contributed by atoms with Crippen LogP contribution in [0.4, 0.5) is 5.95 Å². The Bertz CT molecular complexity index is 353. The highest BCUT2D eigenvalue weighted by molar-refractivity contribution is 5.27. The summed E-state index contributed by atoms with van der Waals surface area (Å²) in [5.41, 5.74) is 0. The van der Waals surface area contributed by atoms with Crippen LogP contribution < -0.4 is 10.1 Å². The van der Waals surface area contributed by atoms with Crippen molar-refractivity contribution in [3.63, 3.8) is 0 Å². The van der Waals surface area contributed by atoms with Crippen molar-refractivity contribution in [2.45, 2.75) is 40.2 Å². The Hall–Kier alpha value is -1.36. The molecule has 0 saturated heterocycles. The molecule has 1 N–H and O–H groups in total. The van der Waals surface area contributed by atoms with E-state index >= 15 is 0 Å². The SMILES string of the molecule is CCN(CC)CCCNc1nccc(OC(C)C)n1. The van der Waals surface area contributed by atoms with Gasteiger partial charge in [-0.1, -0.05) is 13.8 Å². The number of nitrogens with one attached hydrogen (secondary N) is 1. The number of ether oxygens (including phenoxy) is 1. The van der Waals surface area contributed by atoms with Gasteiger partial charge in [-0.25, -0.2) is 4.98 Å². The van der Waals surface area contributed by atoms with Crippen molar-refractivity contribution in [1.82, 2.24) is 14.9 Å². The van der Waals surface area contributed by atoms with E-state index in [1.165, 1.54) is 0 Å². The molecule has 0 aliphatic heterocycles. The first kappa shape index (κ1) is 15.7. The Morgan fingerprint density at radius 1 is 1.32 bits per heavy atom. The van der Waals surface area contributed by atoms with Gasteiger partial charge in [-0.3, -0.25) is 0 Å². The van der Waals surface area contributed by atoms with Gasteiger partial charge in [-0.15, -0.1) is 0 Å². The number of rotatable bonds is 9. The molecule has 108 valence electrons. The lowest BCUT2D eigenvalue weighted by Gasteiger charge is -2.17. The van der Waals surface area contributed by atoms with Gasteiger partial charge in [-0.2, -0.15) is 4.98 Å². The van der Waals surface area contributed by atoms with Crippen molar-refractivity contribution in [2.24, 2.45) is 0 Å². The molecule has 0 aromatic carbocycles. The molecule has 0 atom stereocenters. The van der Waals surface area contributed by atoms with E-state index in [9.17, 15) is 0 Å². The van der Waals surface area contributed by atoms with Gasteiger partial charge in [0.15, 0.2) is 0 Å². The highest BCUT2D eigenvalue weighted by Gasteiger charge is 2.02. The molecule has 19 heavy (non-hydrogen) atoms. The maximum absolute atomic E-state index is 5.53. The standard InChI is InChI=1S/C14H26N4O/c1-5-18(6-2)11-7-9-15-14-16-10-8-13(17-14)19-12(3)4/h8,10,12H,5-7,9,11H2,1-4H3,(H,15,16,17). The molecule has 0 fully saturated rings. The fourth-order valence-corrected chi connectivity index (χ4v) is 1.78. The van der Waals surface area contributed by atoms with Crippen molar-refractivity contribution in [1.29, 1.82) is 0 Å². The van der Waals surface area contributed by atoms with Crippen molar-refractivity contribution in [3.05, 3.63) is 12.3 Å². The maximum atomic E-state index is 5.53. The van der Waals surface area contributed by atoms with Crippen LogP contribution >= 0.6 is 0 Å². The highest BCUT2D eigenvalue weighted by atomic mass is 16.5. The largest absolute Gasteiger partial charge is 0.475 e. The Kier molecular flexibility index (Phi) is 7.18. The summed E-state index contributed by atoms with van der Waals surface area (Å²) in [6.07, 6.45) is 2.93. The van der Waals surface area contributed by atoms with Crippen LogP contribution in [0.25, 0.3) is 0 Å². The molecule has 5 nitrogen and oxygen atoms in total. The number of hydrogen-bond donors (Lipinski definition) is 1. The zero-order valence-electron chi connectivity index (χ0n) is 12.5. The van der Waals surface area contributed by atoms with Crippen LogP contribution in [0, 0.1) is 0 Å². The summed E-state index contributed by atoms with van der Waals surface area (Å²) in [5.74, 6) is 1.26. The van der Waals surface area contributed by atoms with Gasteiger partial charge in [0, 0.05) is 18.8 Å². The van der Waals surface area contributed by atoms with Crippen LogP contribution in [0.5, 0.6) is 5.88 Å². The number of anilines is 1. The number of hydrogen-bond acceptors (Lipinski definition) is 5. The summed E-state index contributed by atoms with van der Waals surface area (Å²) in [4.78, 5) is 10.9. The van der Waals surface area contributed by atoms with Crippen LogP contribution in [0.1, 0.15) is 34.1 Å². The molecule has 1 aromatic heterocycles. The first-order chi connectivity index (χ1) is 9.15. The minimum Gasteiger partial charge on any atom is -0.475 e. The van der Waals surface area contributed by atoms with Gasteiger partial charge in [0.1, 0.15) is 0 Å². The molecule has 1 rings (SSSR count). The summed E-state index contributed by atoms with van der Waals surface area (Å²) >= 11 is 0. The molecule has 1 heterocycles. The van der Waals surface area contributed by atoms with E-state index in [1.54, 1.807) is 12.3 Å². The molecule has 5 heteroatoms. The molecule has 0 saturated carbocycles. The molecule has 1 aromatic rings. The Morgan fingerprint density at radius 2 is 2.05 bits per heavy atom. The first-order valence-electron chi connectivity index (χ1n) is 7.11. The monoisotopic (exact) mass is 266 g/mol. The van der Waals surface area contributed by atoms with Crippen LogP contribution in [0.3, 0.4) is 0 Å². The lowest BCUT2D eigenvalue weighted by molar-refractivity contribution is 0.232. The Labute approximate surface area is 116 Å². The van der Waals surface area contributed by atoms with Gasteiger partial charge >= 0.3 is 0 Å². The van der Waals surface area contributed by atoms with Crippen molar-refractivity contribution < 1.29 is 4.74 Å². The van der Waals surface area contributed by atoms with Crippen molar-refractivity contribution in [2.75, 3.05) is 31.5 Å². The van der Waals surface area contributed by atoms with Gasteiger partial charge in [-0.05, 0) is 39.9 Å². The third-order valence-corrected chi connectivity index (χ3v) is 2.82. The lowest BCUT2D eigenvalue weighted by atomic mass is 10.3. The first-order valence-corrected chi connectivity index (χ1v) is 7.11. The lowest BCUT2D eigenvalue weighted by Crippen LogP contribution is -2.25. The molecule has 0 aliphatic rings. The highest BCUT2D eigenvalue weighted by Crippen LogP contribution is 2.10. The van der Waals surface area contributed by atoms with Gasteiger partial charge in [0.2, 0.25) is 11.8 Å². The molecule has 0 spiro atoms. The summed E-state index contributed by atoms with van der Waals surface area (Å²) in [7, 11) is 0. The third-order valence-electron chi connectivity index (χ3n) is 2.82. The molecule has 0 amide bonds. The summed E-state index contributed by atoms with van der Waals surface area (Å²) in [6, 6.07) is 1.78. The average Bonchev–Trinajstić information content (AvgIpc) is 2.38. The Balaban J connectivity index is 2.33. The zero-order chi connectivity index (χ0) is 14.1. The molecule has 0 radical (unpaired) electrons. The van der Waals surface area contributed by atoms with Crippen LogP contribution in [-0.4, -0.2) is 47.2 Å². The third kappa shape index (κ3) is 6.38. The average molecular weight is 266 g/mol. The molecular formula is C14H26N4O. The van der Waals surface area contributed by atoms with E-state index in [-0.39, 0.29) is 6.10 Å².